The third-order valence-electron chi connectivity index (χ3n) is 1.86. The Morgan fingerprint density at radius 1 is 1.67 bits per heavy atom. The second-order valence-electron chi connectivity index (χ2n) is 3.54. The van der Waals surface area contributed by atoms with Gasteiger partial charge in [0.25, 0.3) is 0 Å². The van der Waals surface area contributed by atoms with Crippen molar-refractivity contribution >= 4 is 11.9 Å². The molecule has 0 aromatic rings. The molecular weight excluding hydrogens is 154 g/mol. The summed E-state index contributed by atoms with van der Waals surface area (Å²) < 4.78 is 5.09. The Morgan fingerprint density at radius 3 is 2.75 bits per heavy atom. The number of nitrogens with zero attached hydrogens (tertiary/aromatic N) is 2. The normalized spacial score (nSPS) is 22.7. The molecular formula is C8H15N3O. The van der Waals surface area contributed by atoms with Gasteiger partial charge in [0.1, 0.15) is 0 Å². The lowest BCUT2D eigenvalue weighted by Gasteiger charge is -2.36. The van der Waals surface area contributed by atoms with Gasteiger partial charge in [-0.2, -0.15) is 5.10 Å². The molecule has 2 N–H and O–H groups in total. The molecule has 0 amide bonds. The van der Waals surface area contributed by atoms with Gasteiger partial charge in [0, 0.05) is 18.2 Å². The monoisotopic (exact) mass is 169 g/mol. The van der Waals surface area contributed by atoms with Gasteiger partial charge in [-0.05, 0) is 6.92 Å². The first-order valence-corrected chi connectivity index (χ1v) is 3.98. The largest absolute Gasteiger partial charge is 0.380 e. The Hall–Kier alpha value is -0.900. The van der Waals surface area contributed by atoms with Crippen molar-refractivity contribution in [3.63, 3.8) is 0 Å². The Kier molecular flexibility index (Phi) is 2.81. The molecule has 0 bridgehead atoms. The Balaban J connectivity index is 2.29. The van der Waals surface area contributed by atoms with E-state index in [4.69, 9.17) is 10.6 Å². The summed E-state index contributed by atoms with van der Waals surface area (Å²) in [5.74, 6) is 5.04. The number of aliphatic imine (C=N–C) groups is 1. The van der Waals surface area contributed by atoms with Gasteiger partial charge >= 0.3 is 0 Å². The van der Waals surface area contributed by atoms with E-state index in [-0.39, 0.29) is 5.41 Å². The summed E-state index contributed by atoms with van der Waals surface area (Å²) in [5, 5.41) is 3.49. The highest BCUT2D eigenvalue weighted by atomic mass is 16.5. The fraction of sp³-hybridized carbons (Fsp3) is 0.750. The van der Waals surface area contributed by atoms with Crippen LogP contribution in [0.5, 0.6) is 0 Å². The third kappa shape index (κ3) is 2.30. The van der Waals surface area contributed by atoms with Crippen LogP contribution in [0.25, 0.3) is 0 Å². The van der Waals surface area contributed by atoms with E-state index >= 15 is 0 Å². The summed E-state index contributed by atoms with van der Waals surface area (Å²) in [6, 6.07) is 0. The number of hydrazone groups is 1. The van der Waals surface area contributed by atoms with Gasteiger partial charge in [0.05, 0.1) is 18.9 Å². The predicted molar refractivity (Wildman–Crippen MR) is 49.6 cm³/mol. The highest BCUT2D eigenvalue weighted by molar-refractivity contribution is 6.29. The van der Waals surface area contributed by atoms with Crippen molar-refractivity contribution in [2.75, 3.05) is 19.8 Å². The molecule has 4 heteroatoms. The lowest BCUT2D eigenvalue weighted by molar-refractivity contribution is -0.0944. The van der Waals surface area contributed by atoms with Crippen LogP contribution in [-0.4, -0.2) is 31.7 Å². The van der Waals surface area contributed by atoms with Crippen molar-refractivity contribution in [2.24, 2.45) is 21.4 Å². The molecule has 0 radical (unpaired) electrons. The van der Waals surface area contributed by atoms with Gasteiger partial charge in [0.2, 0.25) is 0 Å². The molecule has 1 rings (SSSR count). The van der Waals surface area contributed by atoms with Crippen LogP contribution in [0.2, 0.25) is 0 Å². The molecule has 0 aliphatic carbocycles. The van der Waals surface area contributed by atoms with E-state index in [2.05, 4.69) is 17.0 Å². The van der Waals surface area contributed by atoms with Crippen molar-refractivity contribution in [2.45, 2.75) is 13.8 Å². The van der Waals surface area contributed by atoms with E-state index in [0.29, 0.717) is 0 Å². The van der Waals surface area contributed by atoms with Gasteiger partial charge < -0.3 is 10.6 Å². The fourth-order valence-electron chi connectivity index (χ4n) is 0.973. The van der Waals surface area contributed by atoms with Crippen molar-refractivity contribution in [3.05, 3.63) is 0 Å². The van der Waals surface area contributed by atoms with Crippen LogP contribution in [0.4, 0.5) is 0 Å². The zero-order valence-corrected chi connectivity index (χ0v) is 7.58. The van der Waals surface area contributed by atoms with Gasteiger partial charge in [-0.15, -0.1) is 0 Å². The average molecular weight is 169 g/mol. The highest BCUT2D eigenvalue weighted by Crippen LogP contribution is 2.26. The number of nitrogens with two attached hydrogens (primary N) is 1. The van der Waals surface area contributed by atoms with Crippen molar-refractivity contribution in [1.29, 1.82) is 0 Å². The number of hydrogen-bond acceptors (Lipinski definition) is 4. The summed E-state index contributed by atoms with van der Waals surface area (Å²) in [6.45, 7) is 6.39. The summed E-state index contributed by atoms with van der Waals surface area (Å²) in [6.07, 6.45) is 1.70. The minimum absolute atomic E-state index is 0.241. The molecule has 68 valence electrons. The first kappa shape index (κ1) is 9.19. The van der Waals surface area contributed by atoms with Crippen LogP contribution < -0.4 is 5.84 Å². The summed E-state index contributed by atoms with van der Waals surface area (Å²) in [4.78, 5) is 4.22. The molecule has 0 atom stereocenters. The molecule has 4 nitrogen and oxygen atoms in total. The van der Waals surface area contributed by atoms with E-state index in [0.717, 1.165) is 25.5 Å². The number of rotatable bonds is 3. The second-order valence-corrected chi connectivity index (χ2v) is 3.54. The molecule has 12 heavy (non-hydrogen) atoms. The zero-order valence-electron chi connectivity index (χ0n) is 7.58. The van der Waals surface area contributed by atoms with E-state index in [1.807, 2.05) is 6.92 Å². The Labute approximate surface area is 72.5 Å². The molecule has 1 fully saturated rings. The summed E-state index contributed by atoms with van der Waals surface area (Å²) in [5.41, 5.74) is 0.990. The molecule has 0 aromatic heterocycles. The van der Waals surface area contributed by atoms with Crippen LogP contribution in [-0.2, 0) is 4.74 Å². The fourth-order valence-corrected chi connectivity index (χ4v) is 0.973. The molecule has 1 saturated heterocycles. The van der Waals surface area contributed by atoms with Crippen LogP contribution in [0.3, 0.4) is 0 Å². The van der Waals surface area contributed by atoms with Crippen LogP contribution in [0, 0.1) is 5.41 Å². The van der Waals surface area contributed by atoms with Crippen LogP contribution in [0.1, 0.15) is 13.8 Å². The minimum atomic E-state index is 0.241. The topological polar surface area (TPSA) is 60.0 Å². The summed E-state index contributed by atoms with van der Waals surface area (Å²) >= 11 is 0. The lowest BCUT2D eigenvalue weighted by atomic mass is 9.89. The van der Waals surface area contributed by atoms with Crippen molar-refractivity contribution in [3.8, 4) is 0 Å². The Bertz CT molecular complexity index is 206. The maximum atomic E-state index is 5.09. The molecule has 1 aliphatic rings. The SMILES string of the molecule is CC(C=NCC1(C)COC1)=NN. The minimum Gasteiger partial charge on any atom is -0.380 e. The highest BCUT2D eigenvalue weighted by Gasteiger charge is 2.32. The van der Waals surface area contributed by atoms with Crippen molar-refractivity contribution < 1.29 is 4.74 Å². The first-order valence-electron chi connectivity index (χ1n) is 3.98. The predicted octanol–water partition coefficient (Wildman–Crippen LogP) is 0.428. The molecule has 1 heterocycles. The van der Waals surface area contributed by atoms with Crippen LogP contribution >= 0.6 is 0 Å². The van der Waals surface area contributed by atoms with E-state index < -0.39 is 0 Å². The summed E-state index contributed by atoms with van der Waals surface area (Å²) in [7, 11) is 0. The second kappa shape index (κ2) is 3.67. The van der Waals surface area contributed by atoms with Crippen molar-refractivity contribution in [1.82, 2.24) is 0 Å². The number of hydrogen-bond donors (Lipinski definition) is 1. The van der Waals surface area contributed by atoms with Gasteiger partial charge in [0.15, 0.2) is 0 Å². The maximum absolute atomic E-state index is 5.09. The molecule has 0 aromatic carbocycles. The smallest absolute Gasteiger partial charge is 0.0747 e. The van der Waals surface area contributed by atoms with Gasteiger partial charge in [-0.1, -0.05) is 6.92 Å². The Morgan fingerprint density at radius 2 is 2.33 bits per heavy atom. The third-order valence-corrected chi connectivity index (χ3v) is 1.86. The van der Waals surface area contributed by atoms with Gasteiger partial charge in [-0.25, -0.2) is 0 Å². The molecule has 0 saturated carbocycles. The zero-order chi connectivity index (χ0) is 9.03. The standard InChI is InChI=1S/C8H15N3O/c1-7(11-9)3-10-4-8(2)5-12-6-8/h3H,4-6,9H2,1-2H3. The van der Waals surface area contributed by atoms with E-state index in [1.165, 1.54) is 0 Å². The van der Waals surface area contributed by atoms with Crippen LogP contribution in [0.15, 0.2) is 10.1 Å². The molecule has 0 spiro atoms. The lowest BCUT2D eigenvalue weighted by Crippen LogP contribution is -2.42. The first-order chi connectivity index (χ1) is 5.66. The quantitative estimate of drug-likeness (QED) is 0.378. The molecule has 0 unspecified atom stereocenters. The number of ether oxygens (including phenoxy) is 1. The average Bonchev–Trinajstić information content (AvgIpc) is 2.01. The van der Waals surface area contributed by atoms with Gasteiger partial charge in [-0.3, -0.25) is 4.99 Å². The van der Waals surface area contributed by atoms with E-state index in [9.17, 15) is 0 Å². The van der Waals surface area contributed by atoms with E-state index in [1.54, 1.807) is 6.21 Å². The molecule has 1 aliphatic heterocycles. The maximum Gasteiger partial charge on any atom is 0.0747 e.